The van der Waals surface area contributed by atoms with Gasteiger partial charge in [0.05, 0.1) is 11.2 Å². The quantitative estimate of drug-likeness (QED) is 0.841. The monoisotopic (exact) mass is 308 g/mol. The molecule has 2 rings (SSSR count). The van der Waals surface area contributed by atoms with E-state index in [0.29, 0.717) is 10.8 Å². The minimum Gasteiger partial charge on any atom is -0.306 e. The second-order valence-electron chi connectivity index (χ2n) is 8.35. The van der Waals surface area contributed by atoms with Gasteiger partial charge in [-0.25, -0.2) is 4.98 Å². The molecule has 3 heteroatoms. The van der Waals surface area contributed by atoms with Crippen molar-refractivity contribution in [2.75, 3.05) is 6.54 Å². The lowest BCUT2D eigenvalue weighted by Gasteiger charge is -2.51. The highest BCUT2D eigenvalue weighted by molar-refractivity contribution is 7.11. The van der Waals surface area contributed by atoms with Gasteiger partial charge in [-0.1, -0.05) is 41.5 Å². The zero-order valence-electron chi connectivity index (χ0n) is 14.9. The third-order valence-corrected chi connectivity index (χ3v) is 5.89. The number of aromatic nitrogens is 1. The lowest BCUT2D eigenvalue weighted by atomic mass is 9.58. The number of nitrogens with one attached hydrogen (secondary N) is 1. The first kappa shape index (κ1) is 17.0. The van der Waals surface area contributed by atoms with E-state index in [1.54, 1.807) is 0 Å². The molecule has 1 aliphatic carbocycles. The van der Waals surface area contributed by atoms with Gasteiger partial charge in [0, 0.05) is 4.88 Å². The van der Waals surface area contributed by atoms with Crippen molar-refractivity contribution in [1.29, 1.82) is 0 Å². The second-order valence-corrected chi connectivity index (χ2v) is 9.55. The van der Waals surface area contributed by atoms with E-state index in [2.05, 4.69) is 53.8 Å². The first-order valence-electron chi connectivity index (χ1n) is 8.35. The highest BCUT2D eigenvalue weighted by Gasteiger charge is 2.49. The van der Waals surface area contributed by atoms with Crippen molar-refractivity contribution >= 4 is 11.3 Å². The first-order valence-corrected chi connectivity index (χ1v) is 9.16. The van der Waals surface area contributed by atoms with Gasteiger partial charge < -0.3 is 5.32 Å². The standard InChI is InChI=1S/C18H32N2S/c1-8-14-13(3)21-15(20-14)18(19-9-2)11-16(4,5)10-17(6,7)12-18/h19H,8-12H2,1-7H3. The smallest absolute Gasteiger partial charge is 0.113 e. The maximum Gasteiger partial charge on any atom is 0.113 e. The van der Waals surface area contributed by atoms with Gasteiger partial charge in [-0.2, -0.15) is 0 Å². The summed E-state index contributed by atoms with van der Waals surface area (Å²) < 4.78 is 0. The van der Waals surface area contributed by atoms with Crippen molar-refractivity contribution in [3.63, 3.8) is 0 Å². The van der Waals surface area contributed by atoms with Crippen LogP contribution < -0.4 is 5.32 Å². The molecule has 1 aliphatic rings. The van der Waals surface area contributed by atoms with E-state index >= 15 is 0 Å². The molecule has 0 aliphatic heterocycles. The zero-order valence-corrected chi connectivity index (χ0v) is 15.7. The lowest BCUT2D eigenvalue weighted by molar-refractivity contribution is 0.0267. The molecule has 0 bridgehead atoms. The van der Waals surface area contributed by atoms with Crippen LogP contribution in [0.2, 0.25) is 0 Å². The van der Waals surface area contributed by atoms with Gasteiger partial charge >= 0.3 is 0 Å². The summed E-state index contributed by atoms with van der Waals surface area (Å²) >= 11 is 1.91. The molecule has 2 nitrogen and oxygen atoms in total. The predicted molar refractivity (Wildman–Crippen MR) is 93.0 cm³/mol. The second kappa shape index (κ2) is 5.66. The van der Waals surface area contributed by atoms with Gasteiger partial charge in [-0.05, 0) is 50.0 Å². The van der Waals surface area contributed by atoms with Gasteiger partial charge in [0.1, 0.15) is 5.01 Å². The third kappa shape index (κ3) is 3.50. The minimum absolute atomic E-state index is 0.0584. The van der Waals surface area contributed by atoms with Gasteiger partial charge in [-0.15, -0.1) is 11.3 Å². The Morgan fingerprint density at radius 2 is 1.62 bits per heavy atom. The van der Waals surface area contributed by atoms with E-state index in [1.165, 1.54) is 34.8 Å². The van der Waals surface area contributed by atoms with Crippen molar-refractivity contribution in [2.45, 2.75) is 79.7 Å². The maximum atomic E-state index is 5.03. The van der Waals surface area contributed by atoms with Crippen LogP contribution in [-0.2, 0) is 12.0 Å². The highest BCUT2D eigenvalue weighted by Crippen LogP contribution is 2.54. The summed E-state index contributed by atoms with van der Waals surface area (Å²) in [4.78, 5) is 6.42. The van der Waals surface area contributed by atoms with Gasteiger partial charge in [0.25, 0.3) is 0 Å². The summed E-state index contributed by atoms with van der Waals surface area (Å²) in [6.45, 7) is 17.3. The molecule has 0 spiro atoms. The van der Waals surface area contributed by atoms with E-state index in [-0.39, 0.29) is 5.54 Å². The molecule has 21 heavy (non-hydrogen) atoms. The Morgan fingerprint density at radius 1 is 1.05 bits per heavy atom. The average Bonchev–Trinajstić information content (AvgIpc) is 2.67. The molecule has 1 N–H and O–H groups in total. The fraction of sp³-hybridized carbons (Fsp3) is 0.833. The molecule has 0 radical (unpaired) electrons. The van der Waals surface area contributed by atoms with E-state index < -0.39 is 0 Å². The normalized spacial score (nSPS) is 23.2. The molecular formula is C18H32N2S. The van der Waals surface area contributed by atoms with Crippen molar-refractivity contribution in [3.8, 4) is 0 Å². The van der Waals surface area contributed by atoms with Crippen LogP contribution in [0.5, 0.6) is 0 Å². The third-order valence-electron chi connectivity index (χ3n) is 4.67. The Kier molecular flexibility index (Phi) is 4.57. The fourth-order valence-corrected chi connectivity index (χ4v) is 5.93. The molecule has 120 valence electrons. The lowest BCUT2D eigenvalue weighted by Crippen LogP contribution is -2.52. The maximum absolute atomic E-state index is 5.03. The topological polar surface area (TPSA) is 24.9 Å². The molecule has 0 unspecified atom stereocenters. The van der Waals surface area contributed by atoms with Gasteiger partial charge in [-0.3, -0.25) is 0 Å². The number of aryl methyl sites for hydroxylation is 2. The summed E-state index contributed by atoms with van der Waals surface area (Å²) in [5, 5.41) is 5.16. The van der Waals surface area contributed by atoms with Crippen LogP contribution in [0, 0.1) is 17.8 Å². The summed E-state index contributed by atoms with van der Waals surface area (Å²) in [7, 11) is 0. The molecule has 1 heterocycles. The van der Waals surface area contributed by atoms with Crippen LogP contribution >= 0.6 is 11.3 Å². The molecular weight excluding hydrogens is 276 g/mol. The van der Waals surface area contributed by atoms with Crippen molar-refractivity contribution < 1.29 is 0 Å². The van der Waals surface area contributed by atoms with Crippen LogP contribution in [0.25, 0.3) is 0 Å². The Morgan fingerprint density at radius 3 is 2.05 bits per heavy atom. The SMILES string of the molecule is CCNC1(c2nc(CC)c(C)s2)CC(C)(C)CC(C)(C)C1. The number of hydrogen-bond acceptors (Lipinski definition) is 3. The molecule has 0 saturated heterocycles. The molecule has 1 fully saturated rings. The number of rotatable bonds is 4. The molecule has 1 aromatic heterocycles. The molecule has 0 atom stereocenters. The largest absolute Gasteiger partial charge is 0.306 e. The van der Waals surface area contributed by atoms with Gasteiger partial charge in [0.15, 0.2) is 0 Å². The molecule has 0 amide bonds. The number of thiazole rings is 1. The number of nitrogens with zero attached hydrogens (tertiary/aromatic N) is 1. The first-order chi connectivity index (χ1) is 9.63. The van der Waals surface area contributed by atoms with Gasteiger partial charge in [0.2, 0.25) is 0 Å². The highest BCUT2D eigenvalue weighted by atomic mass is 32.1. The Balaban J connectivity index is 2.48. The van der Waals surface area contributed by atoms with Crippen LogP contribution in [0.3, 0.4) is 0 Å². The molecule has 1 aromatic rings. The molecule has 0 aromatic carbocycles. The van der Waals surface area contributed by atoms with Crippen LogP contribution in [0.15, 0.2) is 0 Å². The number of hydrogen-bond donors (Lipinski definition) is 1. The Hall–Kier alpha value is -0.410. The summed E-state index contributed by atoms with van der Waals surface area (Å²) in [6, 6.07) is 0. The fourth-order valence-electron chi connectivity index (χ4n) is 4.77. The van der Waals surface area contributed by atoms with E-state index in [0.717, 1.165) is 13.0 Å². The van der Waals surface area contributed by atoms with Crippen LogP contribution in [0.4, 0.5) is 0 Å². The Bertz CT molecular complexity index is 483. The summed E-state index contributed by atoms with van der Waals surface area (Å²) in [5.74, 6) is 0. The summed E-state index contributed by atoms with van der Waals surface area (Å²) in [6.07, 6.45) is 4.70. The predicted octanol–water partition coefficient (Wildman–Crippen LogP) is 5.06. The van der Waals surface area contributed by atoms with Crippen molar-refractivity contribution in [1.82, 2.24) is 10.3 Å². The zero-order chi connectivity index (χ0) is 15.9. The van der Waals surface area contributed by atoms with Crippen molar-refractivity contribution in [3.05, 3.63) is 15.6 Å². The van der Waals surface area contributed by atoms with Crippen LogP contribution in [0.1, 0.15) is 76.4 Å². The van der Waals surface area contributed by atoms with E-state index in [9.17, 15) is 0 Å². The molecule has 1 saturated carbocycles. The van der Waals surface area contributed by atoms with Crippen molar-refractivity contribution in [2.24, 2.45) is 10.8 Å². The summed E-state index contributed by atoms with van der Waals surface area (Å²) in [5.41, 5.74) is 2.06. The Labute approximate surface area is 134 Å². The average molecular weight is 309 g/mol. The van der Waals surface area contributed by atoms with Crippen LogP contribution in [-0.4, -0.2) is 11.5 Å². The minimum atomic E-state index is 0.0584. The van der Waals surface area contributed by atoms with E-state index in [1.807, 2.05) is 11.3 Å². The van der Waals surface area contributed by atoms with E-state index in [4.69, 9.17) is 4.98 Å².